The number of hydrogen-bond acceptors (Lipinski definition) is 6. The van der Waals surface area contributed by atoms with Crippen molar-refractivity contribution >= 4 is 34.1 Å². The fourth-order valence-electron chi connectivity index (χ4n) is 1.44. The van der Waals surface area contributed by atoms with Crippen molar-refractivity contribution < 1.29 is 9.59 Å². The molecule has 0 aliphatic carbocycles. The Labute approximate surface area is 122 Å². The van der Waals surface area contributed by atoms with Crippen molar-refractivity contribution in [1.82, 2.24) is 15.2 Å². The Morgan fingerprint density at radius 2 is 2.05 bits per heavy atom. The average Bonchev–Trinajstić information content (AvgIpc) is 2.84. The lowest BCUT2D eigenvalue weighted by atomic mass is 10.3. The summed E-state index contributed by atoms with van der Waals surface area (Å²) in [5.41, 5.74) is 5.80. The van der Waals surface area contributed by atoms with Crippen LogP contribution in [0.3, 0.4) is 0 Å². The summed E-state index contributed by atoms with van der Waals surface area (Å²) >= 11 is 1.27. The zero-order valence-electron chi connectivity index (χ0n) is 12.3. The second-order valence-corrected chi connectivity index (χ2v) is 5.35. The largest absolute Gasteiger partial charge is 0.382 e. The molecule has 0 radical (unpaired) electrons. The van der Waals surface area contributed by atoms with Gasteiger partial charge in [0.2, 0.25) is 5.91 Å². The minimum Gasteiger partial charge on any atom is -0.382 e. The molecule has 0 saturated carbocycles. The molecule has 1 rings (SSSR count). The van der Waals surface area contributed by atoms with Crippen molar-refractivity contribution in [2.75, 3.05) is 44.9 Å². The van der Waals surface area contributed by atoms with Gasteiger partial charge >= 0.3 is 0 Å². The van der Waals surface area contributed by atoms with Gasteiger partial charge in [-0.1, -0.05) is 11.3 Å². The lowest BCUT2D eigenvalue weighted by Gasteiger charge is -2.15. The van der Waals surface area contributed by atoms with E-state index in [4.69, 9.17) is 5.73 Å². The molecule has 0 atom stereocenters. The van der Waals surface area contributed by atoms with Crippen LogP contribution in [-0.2, 0) is 4.79 Å². The maximum atomic E-state index is 12.3. The molecule has 1 aromatic rings. The Hall–Kier alpha value is -1.83. The number of nitrogens with zero attached hydrogens (tertiary/aromatic N) is 3. The van der Waals surface area contributed by atoms with Crippen LogP contribution in [0.15, 0.2) is 0 Å². The van der Waals surface area contributed by atoms with E-state index in [0.717, 1.165) is 6.54 Å². The number of rotatable bonds is 6. The topological polar surface area (TPSA) is 91.6 Å². The number of nitrogens with one attached hydrogen (secondary N) is 1. The number of hydrogen-bond donors (Lipinski definition) is 2. The standard InChI is InChI=1S/C12H21N5O2S/c1-5-16(3)12-15-10(13)9(20-12)11(19)17(4)7-6-8(18)14-2/h5-7,13H2,1-4H3,(H,14,18). The van der Waals surface area contributed by atoms with Crippen LogP contribution in [0, 0.1) is 0 Å². The number of thiazole rings is 1. The Bertz CT molecular complexity index is 488. The van der Waals surface area contributed by atoms with Crippen molar-refractivity contribution in [3.8, 4) is 0 Å². The summed E-state index contributed by atoms with van der Waals surface area (Å²) < 4.78 is 0. The number of carbonyl (C=O) groups is 2. The van der Waals surface area contributed by atoms with E-state index in [1.165, 1.54) is 16.2 Å². The van der Waals surface area contributed by atoms with Gasteiger partial charge in [0.05, 0.1) is 0 Å². The normalized spacial score (nSPS) is 10.2. The van der Waals surface area contributed by atoms with Crippen LogP contribution >= 0.6 is 11.3 Å². The molecule has 112 valence electrons. The molecule has 1 heterocycles. The molecule has 0 aromatic carbocycles. The SMILES string of the molecule is CCN(C)c1nc(N)c(C(=O)N(C)CCC(=O)NC)s1. The van der Waals surface area contributed by atoms with E-state index in [9.17, 15) is 9.59 Å². The highest BCUT2D eigenvalue weighted by Crippen LogP contribution is 2.28. The molecule has 7 nitrogen and oxygen atoms in total. The fourth-order valence-corrected chi connectivity index (χ4v) is 2.45. The zero-order chi connectivity index (χ0) is 15.3. The van der Waals surface area contributed by atoms with Crippen LogP contribution in [0.2, 0.25) is 0 Å². The number of anilines is 2. The van der Waals surface area contributed by atoms with Crippen LogP contribution in [0.5, 0.6) is 0 Å². The van der Waals surface area contributed by atoms with Crippen LogP contribution < -0.4 is 16.0 Å². The van der Waals surface area contributed by atoms with Gasteiger partial charge in [-0.25, -0.2) is 4.98 Å². The number of carbonyl (C=O) groups excluding carboxylic acids is 2. The first-order valence-electron chi connectivity index (χ1n) is 6.34. The molecule has 0 saturated heterocycles. The van der Waals surface area contributed by atoms with Crippen molar-refractivity contribution in [2.45, 2.75) is 13.3 Å². The summed E-state index contributed by atoms with van der Waals surface area (Å²) in [6, 6.07) is 0. The molecule has 0 spiro atoms. The van der Waals surface area contributed by atoms with Crippen molar-refractivity contribution in [3.05, 3.63) is 4.88 Å². The van der Waals surface area contributed by atoms with E-state index in [-0.39, 0.29) is 24.1 Å². The van der Waals surface area contributed by atoms with Crippen LogP contribution in [0.25, 0.3) is 0 Å². The molecule has 2 amide bonds. The fraction of sp³-hybridized carbons (Fsp3) is 0.583. The lowest BCUT2D eigenvalue weighted by molar-refractivity contribution is -0.120. The quantitative estimate of drug-likeness (QED) is 0.793. The predicted octanol–water partition coefficient (Wildman–Crippen LogP) is 0.390. The highest BCUT2D eigenvalue weighted by atomic mass is 32.1. The molecule has 0 fully saturated rings. The van der Waals surface area contributed by atoms with Crippen LogP contribution in [0.4, 0.5) is 10.9 Å². The van der Waals surface area contributed by atoms with Crippen LogP contribution in [-0.4, -0.2) is 55.9 Å². The minimum absolute atomic E-state index is 0.103. The Balaban J connectivity index is 2.76. The summed E-state index contributed by atoms with van der Waals surface area (Å²) in [6.07, 6.45) is 0.263. The van der Waals surface area contributed by atoms with Crippen LogP contribution in [0.1, 0.15) is 23.0 Å². The van der Waals surface area contributed by atoms with Gasteiger partial charge in [-0.3, -0.25) is 9.59 Å². The van der Waals surface area contributed by atoms with E-state index in [1.807, 2.05) is 18.9 Å². The number of amides is 2. The lowest BCUT2D eigenvalue weighted by Crippen LogP contribution is -2.31. The number of nitrogen functional groups attached to an aromatic ring is 1. The minimum atomic E-state index is -0.209. The van der Waals surface area contributed by atoms with Gasteiger partial charge in [-0.2, -0.15) is 0 Å². The van der Waals surface area contributed by atoms with Gasteiger partial charge in [-0.15, -0.1) is 0 Å². The highest BCUT2D eigenvalue weighted by molar-refractivity contribution is 7.18. The summed E-state index contributed by atoms with van der Waals surface area (Å²) in [5, 5.41) is 3.23. The molecule has 0 bridgehead atoms. The summed E-state index contributed by atoms with van der Waals surface area (Å²) in [5.74, 6) is -0.0740. The van der Waals surface area contributed by atoms with E-state index in [1.54, 1.807) is 14.1 Å². The summed E-state index contributed by atoms with van der Waals surface area (Å²) in [7, 11) is 5.10. The third-order valence-corrected chi connectivity index (χ3v) is 4.11. The molecule has 8 heteroatoms. The first kappa shape index (κ1) is 16.2. The predicted molar refractivity (Wildman–Crippen MR) is 81.1 cm³/mol. The van der Waals surface area contributed by atoms with E-state index in [0.29, 0.717) is 16.6 Å². The molecular formula is C12H21N5O2S. The zero-order valence-corrected chi connectivity index (χ0v) is 13.1. The van der Waals surface area contributed by atoms with Gasteiger partial charge in [0, 0.05) is 40.7 Å². The Morgan fingerprint density at radius 3 is 2.60 bits per heavy atom. The first-order valence-corrected chi connectivity index (χ1v) is 7.15. The van der Waals surface area contributed by atoms with Crippen molar-refractivity contribution in [1.29, 1.82) is 0 Å². The van der Waals surface area contributed by atoms with E-state index < -0.39 is 0 Å². The molecule has 0 unspecified atom stereocenters. The molecule has 0 aliphatic rings. The van der Waals surface area contributed by atoms with Gasteiger partial charge in [0.1, 0.15) is 10.7 Å². The second-order valence-electron chi connectivity index (χ2n) is 4.37. The van der Waals surface area contributed by atoms with E-state index >= 15 is 0 Å². The van der Waals surface area contributed by atoms with Crippen molar-refractivity contribution in [3.63, 3.8) is 0 Å². The monoisotopic (exact) mass is 299 g/mol. The summed E-state index contributed by atoms with van der Waals surface area (Å²) in [6.45, 7) is 3.12. The molecule has 3 N–H and O–H groups in total. The highest BCUT2D eigenvalue weighted by Gasteiger charge is 2.21. The molecule has 1 aromatic heterocycles. The van der Waals surface area contributed by atoms with Gasteiger partial charge in [0.25, 0.3) is 5.91 Å². The van der Waals surface area contributed by atoms with Gasteiger partial charge < -0.3 is 20.9 Å². The third kappa shape index (κ3) is 3.83. The Kier molecular flexibility index (Phi) is 5.75. The van der Waals surface area contributed by atoms with Gasteiger partial charge in [-0.05, 0) is 6.92 Å². The molecule has 20 heavy (non-hydrogen) atoms. The molecular weight excluding hydrogens is 278 g/mol. The third-order valence-electron chi connectivity index (χ3n) is 2.94. The first-order chi connectivity index (χ1) is 9.40. The van der Waals surface area contributed by atoms with E-state index in [2.05, 4.69) is 10.3 Å². The smallest absolute Gasteiger partial charge is 0.267 e. The summed E-state index contributed by atoms with van der Waals surface area (Å²) in [4.78, 5) is 31.4. The second kappa shape index (κ2) is 7.09. The number of nitrogens with two attached hydrogens (primary N) is 1. The molecule has 0 aliphatic heterocycles. The van der Waals surface area contributed by atoms with Gasteiger partial charge in [0.15, 0.2) is 5.13 Å². The number of aromatic nitrogens is 1. The maximum absolute atomic E-state index is 12.3. The maximum Gasteiger partial charge on any atom is 0.267 e. The van der Waals surface area contributed by atoms with Crippen molar-refractivity contribution in [2.24, 2.45) is 0 Å². The Morgan fingerprint density at radius 1 is 1.40 bits per heavy atom. The average molecular weight is 299 g/mol.